The van der Waals surface area contributed by atoms with Gasteiger partial charge in [-0.05, 0) is 34.1 Å². The van der Waals surface area contributed by atoms with Gasteiger partial charge in [0.2, 0.25) is 0 Å². The fraction of sp³-hybridized carbons (Fsp3) is 0.929. The molecule has 7 heteroatoms. The quantitative estimate of drug-likeness (QED) is 0.565. The van der Waals surface area contributed by atoms with E-state index in [9.17, 15) is 9.35 Å². The van der Waals surface area contributed by atoms with Gasteiger partial charge in [0.1, 0.15) is 4.75 Å². The molecule has 1 fully saturated rings. The first kappa shape index (κ1) is 18.7. The zero-order chi connectivity index (χ0) is 16.1. The summed E-state index contributed by atoms with van der Waals surface area (Å²) < 4.78 is 30.6. The molecule has 21 heavy (non-hydrogen) atoms. The van der Waals surface area contributed by atoms with Gasteiger partial charge < -0.3 is 18.8 Å². The van der Waals surface area contributed by atoms with Gasteiger partial charge >= 0.3 is 5.97 Å². The molecule has 0 bridgehead atoms. The average molecular weight is 321 g/mol. The molecule has 124 valence electrons. The number of carbonyl (C=O) groups excluding carboxylic acids is 1. The largest absolute Gasteiger partial charge is 0.598 e. The van der Waals surface area contributed by atoms with E-state index in [0.717, 1.165) is 0 Å². The van der Waals surface area contributed by atoms with Crippen LogP contribution in [0.3, 0.4) is 0 Å². The molecule has 6 nitrogen and oxygen atoms in total. The molecule has 1 N–H and O–H groups in total. The minimum Gasteiger partial charge on any atom is -0.598 e. The van der Waals surface area contributed by atoms with Gasteiger partial charge in [-0.2, -0.15) is 0 Å². The van der Waals surface area contributed by atoms with Crippen molar-refractivity contribution in [2.24, 2.45) is 0 Å². The number of methoxy groups -OCH3 is 1. The molecule has 0 saturated carbocycles. The maximum absolute atomic E-state index is 12.2. The van der Waals surface area contributed by atoms with Gasteiger partial charge in [0, 0.05) is 17.8 Å². The Hall–Kier alpha value is -0.340. The van der Waals surface area contributed by atoms with Gasteiger partial charge in [0.15, 0.2) is 5.79 Å². The van der Waals surface area contributed by atoms with E-state index in [2.05, 4.69) is 4.72 Å². The van der Waals surface area contributed by atoms with Gasteiger partial charge in [-0.25, -0.2) is 0 Å². The highest BCUT2D eigenvalue weighted by Crippen LogP contribution is 2.26. The Balaban J connectivity index is 2.57. The van der Waals surface area contributed by atoms with Gasteiger partial charge in [-0.15, -0.1) is 4.72 Å². The maximum Gasteiger partial charge on any atom is 0.307 e. The van der Waals surface area contributed by atoms with Crippen molar-refractivity contribution >= 4 is 17.3 Å². The van der Waals surface area contributed by atoms with E-state index in [4.69, 9.17) is 14.2 Å². The summed E-state index contributed by atoms with van der Waals surface area (Å²) >= 11 is -1.24. The number of rotatable bonds is 7. The number of carbonyl (C=O) groups is 1. The van der Waals surface area contributed by atoms with Crippen molar-refractivity contribution in [3.8, 4) is 0 Å². The second-order valence-electron chi connectivity index (χ2n) is 6.35. The molecule has 0 unspecified atom stereocenters. The minimum atomic E-state index is -1.24. The van der Waals surface area contributed by atoms with E-state index in [0.29, 0.717) is 26.1 Å². The summed E-state index contributed by atoms with van der Waals surface area (Å²) in [5, 5.41) is 0. The zero-order valence-corrected chi connectivity index (χ0v) is 14.4. The lowest BCUT2D eigenvalue weighted by Crippen LogP contribution is -2.46. The van der Waals surface area contributed by atoms with Crippen LogP contribution in [-0.2, 0) is 30.4 Å². The summed E-state index contributed by atoms with van der Waals surface area (Å²) in [4.78, 5) is 11.5. The fourth-order valence-corrected chi connectivity index (χ4v) is 2.81. The predicted octanol–water partition coefficient (Wildman–Crippen LogP) is 1.51. The SMILES string of the molecule is COC(=O)C[C@H](CCC1(C)OCCO1)N[S@@+]([O-])C(C)(C)C. The van der Waals surface area contributed by atoms with E-state index in [1.54, 1.807) is 0 Å². The van der Waals surface area contributed by atoms with Crippen LogP contribution < -0.4 is 4.72 Å². The highest BCUT2D eigenvalue weighted by atomic mass is 32.2. The standard InChI is InChI=1S/C14H27NO5S/c1-13(2,3)21(17)15-11(10-12(16)18-5)6-7-14(4)19-8-9-20-14/h11,15H,6-10H2,1-5H3/t11-,21-/m0/s1. The van der Waals surface area contributed by atoms with E-state index < -0.39 is 21.9 Å². The predicted molar refractivity (Wildman–Crippen MR) is 81.0 cm³/mol. The third-order valence-corrected chi connectivity index (χ3v) is 4.98. The van der Waals surface area contributed by atoms with Crippen molar-refractivity contribution in [1.82, 2.24) is 4.72 Å². The number of hydrogen-bond donors (Lipinski definition) is 1. The molecule has 1 aliphatic heterocycles. The highest BCUT2D eigenvalue weighted by Gasteiger charge is 2.34. The van der Waals surface area contributed by atoms with E-state index in [1.807, 2.05) is 27.7 Å². The summed E-state index contributed by atoms with van der Waals surface area (Å²) in [5.74, 6) is -0.934. The number of ether oxygens (including phenoxy) is 3. The molecule has 0 radical (unpaired) electrons. The van der Waals surface area contributed by atoms with E-state index >= 15 is 0 Å². The third-order valence-electron chi connectivity index (χ3n) is 3.32. The average Bonchev–Trinajstić information content (AvgIpc) is 2.82. The highest BCUT2D eigenvalue weighted by molar-refractivity contribution is 7.90. The maximum atomic E-state index is 12.2. The summed E-state index contributed by atoms with van der Waals surface area (Å²) in [5.41, 5.74) is 0. The molecule has 0 spiro atoms. The molecule has 1 rings (SSSR count). The molecule has 1 aliphatic rings. The smallest absolute Gasteiger partial charge is 0.307 e. The van der Waals surface area contributed by atoms with Crippen LogP contribution >= 0.6 is 0 Å². The first-order valence-electron chi connectivity index (χ1n) is 7.19. The van der Waals surface area contributed by atoms with Crippen molar-refractivity contribution < 1.29 is 23.6 Å². The van der Waals surface area contributed by atoms with Crippen molar-refractivity contribution in [1.29, 1.82) is 0 Å². The lowest BCUT2D eigenvalue weighted by Gasteiger charge is -2.29. The Morgan fingerprint density at radius 1 is 1.43 bits per heavy atom. The van der Waals surface area contributed by atoms with Crippen LogP contribution in [0.4, 0.5) is 0 Å². The molecular formula is C14H27NO5S. The van der Waals surface area contributed by atoms with Crippen molar-refractivity contribution in [3.63, 3.8) is 0 Å². The van der Waals surface area contributed by atoms with E-state index in [-0.39, 0.29) is 18.4 Å². The van der Waals surface area contributed by atoms with Gasteiger partial charge in [0.05, 0.1) is 32.8 Å². The molecule has 0 aromatic heterocycles. The summed E-state index contributed by atoms with van der Waals surface area (Å²) in [6.07, 6.45) is 1.42. The molecule has 2 atom stereocenters. The Morgan fingerprint density at radius 3 is 2.48 bits per heavy atom. The van der Waals surface area contributed by atoms with Crippen molar-refractivity contribution in [2.75, 3.05) is 20.3 Å². The van der Waals surface area contributed by atoms with Crippen LogP contribution in [0.25, 0.3) is 0 Å². The van der Waals surface area contributed by atoms with Crippen LogP contribution in [0.2, 0.25) is 0 Å². The van der Waals surface area contributed by atoms with Crippen LogP contribution in [0.1, 0.15) is 47.0 Å². The monoisotopic (exact) mass is 321 g/mol. The number of hydrogen-bond acceptors (Lipinski definition) is 6. The van der Waals surface area contributed by atoms with Crippen LogP contribution in [-0.4, -0.2) is 47.4 Å². The molecule has 1 saturated heterocycles. The van der Waals surface area contributed by atoms with Crippen LogP contribution in [0, 0.1) is 0 Å². The normalized spacial score (nSPS) is 21.0. The minimum absolute atomic E-state index is 0.175. The Bertz CT molecular complexity index is 339. The Morgan fingerprint density at radius 2 is 2.00 bits per heavy atom. The topological polar surface area (TPSA) is 79.9 Å². The number of nitrogens with one attached hydrogen (secondary N) is 1. The van der Waals surface area contributed by atoms with E-state index in [1.165, 1.54) is 7.11 Å². The molecule has 0 amide bonds. The molecule has 0 aromatic carbocycles. The summed E-state index contributed by atoms with van der Waals surface area (Å²) in [7, 11) is 1.35. The molecular weight excluding hydrogens is 294 g/mol. The van der Waals surface area contributed by atoms with Crippen molar-refractivity contribution in [2.45, 2.75) is 63.5 Å². The van der Waals surface area contributed by atoms with Crippen LogP contribution in [0.15, 0.2) is 0 Å². The fourth-order valence-electron chi connectivity index (χ4n) is 1.95. The molecule has 1 heterocycles. The second kappa shape index (κ2) is 7.78. The first-order chi connectivity index (χ1) is 9.66. The Labute approximate surface area is 130 Å². The lowest BCUT2D eigenvalue weighted by atomic mass is 10.0. The van der Waals surface area contributed by atoms with Gasteiger partial charge in [0.25, 0.3) is 0 Å². The lowest BCUT2D eigenvalue weighted by molar-refractivity contribution is -0.150. The van der Waals surface area contributed by atoms with Gasteiger partial charge in [-0.1, -0.05) is 0 Å². The van der Waals surface area contributed by atoms with Gasteiger partial charge in [-0.3, -0.25) is 4.79 Å². The van der Waals surface area contributed by atoms with Crippen molar-refractivity contribution in [3.05, 3.63) is 0 Å². The van der Waals surface area contributed by atoms with Crippen LogP contribution in [0.5, 0.6) is 0 Å². The molecule has 0 aliphatic carbocycles. The summed E-state index contributed by atoms with van der Waals surface area (Å²) in [6.45, 7) is 8.70. The second-order valence-corrected chi connectivity index (χ2v) is 8.34. The molecule has 0 aromatic rings. The zero-order valence-electron chi connectivity index (χ0n) is 13.6. The Kier molecular flexibility index (Phi) is 6.93. The third kappa shape index (κ3) is 6.52. The number of esters is 1. The summed E-state index contributed by atoms with van der Waals surface area (Å²) in [6, 6.07) is -0.234. The first-order valence-corrected chi connectivity index (χ1v) is 8.34.